The van der Waals surface area contributed by atoms with Crippen LogP contribution in [0.5, 0.6) is 0 Å². The third kappa shape index (κ3) is 3.21. The van der Waals surface area contributed by atoms with Crippen LogP contribution in [-0.4, -0.2) is 30.1 Å². The van der Waals surface area contributed by atoms with Gasteiger partial charge in [0.05, 0.1) is 0 Å². The first-order valence-electron chi connectivity index (χ1n) is 6.90. The van der Waals surface area contributed by atoms with Crippen LogP contribution < -0.4 is 5.73 Å². The van der Waals surface area contributed by atoms with Crippen LogP contribution in [0.2, 0.25) is 0 Å². The Morgan fingerprint density at radius 2 is 1.81 bits per heavy atom. The molecule has 0 spiro atoms. The van der Waals surface area contributed by atoms with Crippen LogP contribution in [0.4, 0.5) is 0 Å². The molecule has 3 atom stereocenters. The van der Waals surface area contributed by atoms with Crippen molar-refractivity contribution in [1.82, 2.24) is 4.90 Å². The van der Waals surface area contributed by atoms with Crippen molar-refractivity contribution < 1.29 is 0 Å². The van der Waals surface area contributed by atoms with Crippen molar-refractivity contribution in [1.29, 1.82) is 0 Å². The molecule has 0 heterocycles. The first kappa shape index (κ1) is 14.0. The lowest BCUT2D eigenvalue weighted by Crippen LogP contribution is -2.42. The summed E-state index contributed by atoms with van der Waals surface area (Å²) in [5.41, 5.74) is 6.42. The molecule has 16 heavy (non-hydrogen) atoms. The van der Waals surface area contributed by atoms with E-state index in [4.69, 9.17) is 5.73 Å². The fourth-order valence-corrected chi connectivity index (χ4v) is 2.67. The van der Waals surface area contributed by atoms with Crippen LogP contribution >= 0.6 is 0 Å². The van der Waals surface area contributed by atoms with Crippen LogP contribution in [0.15, 0.2) is 0 Å². The fraction of sp³-hybridized carbons (Fsp3) is 1.00. The number of hydrogen-bond acceptors (Lipinski definition) is 2. The third-order valence-corrected chi connectivity index (χ3v) is 4.53. The molecule has 1 fully saturated rings. The topological polar surface area (TPSA) is 29.3 Å². The van der Waals surface area contributed by atoms with Gasteiger partial charge >= 0.3 is 0 Å². The summed E-state index contributed by atoms with van der Waals surface area (Å²) in [7, 11) is 2.26. The van der Waals surface area contributed by atoms with E-state index in [9.17, 15) is 0 Å². The minimum absolute atomic E-state index is 0.330. The Morgan fingerprint density at radius 3 is 2.25 bits per heavy atom. The molecule has 2 N–H and O–H groups in total. The molecule has 0 aromatic heterocycles. The maximum atomic E-state index is 6.09. The van der Waals surface area contributed by atoms with Gasteiger partial charge in [-0.15, -0.1) is 0 Å². The van der Waals surface area contributed by atoms with Gasteiger partial charge in [0, 0.05) is 18.1 Å². The highest BCUT2D eigenvalue weighted by Crippen LogP contribution is 2.41. The third-order valence-electron chi connectivity index (χ3n) is 4.53. The van der Waals surface area contributed by atoms with Gasteiger partial charge in [-0.2, -0.15) is 0 Å². The van der Waals surface area contributed by atoms with E-state index in [1.807, 2.05) is 0 Å². The average Bonchev–Trinajstić information content (AvgIpc) is 2.85. The number of rotatable bonds is 7. The molecule has 1 aliphatic rings. The average molecular weight is 226 g/mol. The second-order valence-corrected chi connectivity index (χ2v) is 6.11. The second-order valence-electron chi connectivity index (χ2n) is 6.11. The van der Waals surface area contributed by atoms with E-state index >= 15 is 0 Å². The molecule has 1 saturated carbocycles. The molecule has 2 unspecified atom stereocenters. The van der Waals surface area contributed by atoms with Crippen molar-refractivity contribution in [3.05, 3.63) is 0 Å². The molecule has 2 nitrogen and oxygen atoms in total. The van der Waals surface area contributed by atoms with Crippen molar-refractivity contribution in [2.75, 3.05) is 13.6 Å². The molecular formula is C14H30N2. The number of nitrogens with zero attached hydrogens (tertiary/aromatic N) is 1. The Bertz CT molecular complexity index is 213. The molecule has 0 aromatic rings. The van der Waals surface area contributed by atoms with Gasteiger partial charge < -0.3 is 10.6 Å². The monoisotopic (exact) mass is 226 g/mol. The van der Waals surface area contributed by atoms with Gasteiger partial charge in [0.2, 0.25) is 0 Å². The van der Waals surface area contributed by atoms with E-state index < -0.39 is 0 Å². The number of unbranched alkanes of at least 4 members (excludes halogenated alkanes) is 1. The van der Waals surface area contributed by atoms with Gasteiger partial charge in [-0.25, -0.2) is 0 Å². The van der Waals surface area contributed by atoms with Crippen LogP contribution in [0, 0.1) is 11.8 Å². The van der Waals surface area contributed by atoms with E-state index in [2.05, 4.69) is 39.6 Å². The highest BCUT2D eigenvalue weighted by molar-refractivity contribution is 5.02. The van der Waals surface area contributed by atoms with E-state index in [1.165, 1.54) is 32.2 Å². The standard InChI is InChI=1S/C14H30N2/c1-6-8-9-14(3,4)16(5)10-12-11(7-2)13(12)15/h11-13H,6-10,15H2,1-5H3/t11-,12?,13?/m1/s1. The molecule has 0 aliphatic heterocycles. The molecule has 0 saturated heterocycles. The van der Waals surface area contributed by atoms with Gasteiger partial charge in [0.25, 0.3) is 0 Å². The summed E-state index contributed by atoms with van der Waals surface area (Å²) >= 11 is 0. The zero-order valence-corrected chi connectivity index (χ0v) is 11.8. The smallest absolute Gasteiger partial charge is 0.0150 e. The maximum absolute atomic E-state index is 6.09. The predicted molar refractivity (Wildman–Crippen MR) is 71.5 cm³/mol. The minimum atomic E-state index is 0.330. The molecule has 0 bridgehead atoms. The fourth-order valence-electron chi connectivity index (χ4n) is 2.67. The summed E-state index contributed by atoms with van der Waals surface area (Å²) in [6.45, 7) is 10.4. The van der Waals surface area contributed by atoms with E-state index in [-0.39, 0.29) is 0 Å². The molecule has 0 amide bonds. The van der Waals surface area contributed by atoms with Crippen molar-refractivity contribution in [2.24, 2.45) is 17.6 Å². The molecule has 0 radical (unpaired) electrons. The van der Waals surface area contributed by atoms with Crippen LogP contribution in [0.3, 0.4) is 0 Å². The molecule has 1 aliphatic carbocycles. The van der Waals surface area contributed by atoms with Crippen LogP contribution in [0.1, 0.15) is 53.4 Å². The molecule has 96 valence electrons. The maximum Gasteiger partial charge on any atom is 0.0150 e. The van der Waals surface area contributed by atoms with Gasteiger partial charge in [-0.1, -0.05) is 33.1 Å². The highest BCUT2D eigenvalue weighted by Gasteiger charge is 2.47. The van der Waals surface area contributed by atoms with Crippen LogP contribution in [0.25, 0.3) is 0 Å². The summed E-state index contributed by atoms with van der Waals surface area (Å²) < 4.78 is 0. The number of nitrogens with two attached hydrogens (primary N) is 1. The largest absolute Gasteiger partial charge is 0.327 e. The van der Waals surface area contributed by atoms with E-state index in [0.717, 1.165) is 11.8 Å². The van der Waals surface area contributed by atoms with Gasteiger partial charge in [-0.05, 0) is 39.2 Å². The van der Waals surface area contributed by atoms with Gasteiger partial charge in [-0.3, -0.25) is 0 Å². The summed E-state index contributed by atoms with van der Waals surface area (Å²) in [6, 6.07) is 0.467. The van der Waals surface area contributed by atoms with Gasteiger partial charge in [0.15, 0.2) is 0 Å². The minimum Gasteiger partial charge on any atom is -0.327 e. The SMILES string of the molecule is CCCCC(C)(C)N(C)CC1C(N)[C@@H]1CC. The van der Waals surface area contributed by atoms with Crippen molar-refractivity contribution >= 4 is 0 Å². The quantitative estimate of drug-likeness (QED) is 0.723. The highest BCUT2D eigenvalue weighted by atomic mass is 15.2. The van der Waals surface area contributed by atoms with Crippen molar-refractivity contribution in [3.8, 4) is 0 Å². The van der Waals surface area contributed by atoms with Crippen molar-refractivity contribution in [2.45, 2.75) is 65.0 Å². The molecule has 2 heteroatoms. The number of hydrogen-bond donors (Lipinski definition) is 1. The van der Waals surface area contributed by atoms with E-state index in [0.29, 0.717) is 11.6 Å². The lowest BCUT2D eigenvalue weighted by molar-refractivity contribution is 0.133. The molecule has 1 rings (SSSR count). The normalized spacial score (nSPS) is 29.8. The Labute approximate surface area is 102 Å². The molecular weight excluding hydrogens is 196 g/mol. The zero-order valence-electron chi connectivity index (χ0n) is 11.8. The van der Waals surface area contributed by atoms with Crippen molar-refractivity contribution in [3.63, 3.8) is 0 Å². The second kappa shape index (κ2) is 5.50. The Morgan fingerprint density at radius 1 is 1.19 bits per heavy atom. The zero-order chi connectivity index (χ0) is 12.3. The Kier molecular flexibility index (Phi) is 4.81. The lowest BCUT2D eigenvalue weighted by Gasteiger charge is -2.36. The summed E-state index contributed by atoms with van der Waals surface area (Å²) in [4.78, 5) is 2.52. The Hall–Kier alpha value is -0.0800. The predicted octanol–water partition coefficient (Wildman–Crippen LogP) is 2.87. The summed E-state index contributed by atoms with van der Waals surface area (Å²) in [5.74, 6) is 1.53. The van der Waals surface area contributed by atoms with Crippen LogP contribution in [-0.2, 0) is 0 Å². The summed E-state index contributed by atoms with van der Waals surface area (Å²) in [6.07, 6.45) is 5.15. The van der Waals surface area contributed by atoms with Gasteiger partial charge in [0.1, 0.15) is 0 Å². The molecule has 0 aromatic carbocycles. The lowest BCUT2D eigenvalue weighted by atomic mass is 9.95. The Balaban J connectivity index is 2.36. The van der Waals surface area contributed by atoms with E-state index in [1.54, 1.807) is 0 Å². The first-order chi connectivity index (χ1) is 7.44. The summed E-state index contributed by atoms with van der Waals surface area (Å²) in [5, 5.41) is 0. The first-order valence-corrected chi connectivity index (χ1v) is 6.90.